The number of imidazole rings is 1. The van der Waals surface area contributed by atoms with E-state index in [9.17, 15) is 13.2 Å². The van der Waals surface area contributed by atoms with Crippen molar-refractivity contribution < 1.29 is 13.2 Å². The highest BCUT2D eigenvalue weighted by Gasteiger charge is 2.27. The largest absolute Gasteiger partial charge is 0.347 e. The lowest BCUT2D eigenvalue weighted by Crippen LogP contribution is -2.45. The van der Waals surface area contributed by atoms with Crippen molar-refractivity contribution in [3.05, 3.63) is 23.5 Å². The Labute approximate surface area is 139 Å². The number of hydrogen-bond donors (Lipinski definition) is 1. The summed E-state index contributed by atoms with van der Waals surface area (Å²) in [6, 6.07) is -0.175. The molecule has 3 rings (SSSR count). The van der Waals surface area contributed by atoms with E-state index in [4.69, 9.17) is 0 Å². The van der Waals surface area contributed by atoms with E-state index in [0.717, 1.165) is 24.2 Å². The van der Waals surface area contributed by atoms with Gasteiger partial charge in [-0.05, 0) is 19.8 Å². The number of fused-ring (bicyclic) bond motifs is 1. The molecule has 7 nitrogen and oxygen atoms in total. The second kappa shape index (κ2) is 6.58. The molecule has 3 heterocycles. The van der Waals surface area contributed by atoms with Gasteiger partial charge in [0.25, 0.3) is 5.91 Å². The van der Waals surface area contributed by atoms with Gasteiger partial charge in [-0.25, -0.2) is 13.4 Å². The molecule has 9 heteroatoms. The van der Waals surface area contributed by atoms with Crippen LogP contribution in [-0.4, -0.2) is 52.9 Å². The van der Waals surface area contributed by atoms with E-state index in [1.807, 2.05) is 11.6 Å². The molecule has 126 valence electrons. The van der Waals surface area contributed by atoms with Crippen LogP contribution in [0.1, 0.15) is 36.7 Å². The number of thiazole rings is 1. The highest BCUT2D eigenvalue weighted by molar-refractivity contribution is 7.89. The van der Waals surface area contributed by atoms with Gasteiger partial charge in [0.1, 0.15) is 5.69 Å². The van der Waals surface area contributed by atoms with Crippen molar-refractivity contribution in [1.29, 1.82) is 0 Å². The number of carbonyl (C=O) groups is 1. The van der Waals surface area contributed by atoms with Crippen LogP contribution in [0.4, 0.5) is 0 Å². The summed E-state index contributed by atoms with van der Waals surface area (Å²) in [5.74, 6) is -0.160. The SMILES string of the molecule is CCS(=O)(=O)N1CCCC[C@@H](NC(=O)c2cn3ccsc3n2)C1. The molecule has 0 aromatic carbocycles. The average Bonchev–Trinajstić information content (AvgIpc) is 3.03. The van der Waals surface area contributed by atoms with Crippen LogP contribution in [0.25, 0.3) is 4.96 Å². The average molecular weight is 356 g/mol. The van der Waals surface area contributed by atoms with Crippen LogP contribution >= 0.6 is 11.3 Å². The zero-order valence-electron chi connectivity index (χ0n) is 12.9. The number of nitrogens with zero attached hydrogens (tertiary/aromatic N) is 3. The summed E-state index contributed by atoms with van der Waals surface area (Å²) in [7, 11) is -3.23. The molecule has 0 aliphatic carbocycles. The molecule has 1 aliphatic heterocycles. The van der Waals surface area contributed by atoms with Gasteiger partial charge in [-0.2, -0.15) is 4.31 Å². The predicted molar refractivity (Wildman–Crippen MR) is 89.2 cm³/mol. The summed E-state index contributed by atoms with van der Waals surface area (Å²) in [5.41, 5.74) is 0.367. The second-order valence-electron chi connectivity index (χ2n) is 5.64. The maximum atomic E-state index is 12.4. The smallest absolute Gasteiger partial charge is 0.271 e. The standard InChI is InChI=1S/C14H20N4O3S2/c1-2-23(20,21)18-6-4-3-5-11(9-18)15-13(19)12-10-17-7-8-22-14(17)16-12/h7-8,10-11H,2-6,9H2,1H3,(H,15,19)/t11-/m1/s1. The van der Waals surface area contributed by atoms with Crippen LogP contribution in [-0.2, 0) is 10.0 Å². The van der Waals surface area contributed by atoms with Crippen molar-refractivity contribution in [2.75, 3.05) is 18.8 Å². The molecule has 1 atom stereocenters. The van der Waals surface area contributed by atoms with Crippen molar-refractivity contribution in [3.8, 4) is 0 Å². The fourth-order valence-electron chi connectivity index (χ4n) is 2.76. The Morgan fingerprint density at radius 3 is 3.04 bits per heavy atom. The van der Waals surface area contributed by atoms with E-state index in [2.05, 4.69) is 10.3 Å². The van der Waals surface area contributed by atoms with Crippen molar-refractivity contribution >= 4 is 32.2 Å². The number of rotatable bonds is 4. The van der Waals surface area contributed by atoms with Crippen LogP contribution in [0.5, 0.6) is 0 Å². The van der Waals surface area contributed by atoms with Gasteiger partial charge in [0.2, 0.25) is 10.0 Å². The first-order valence-corrected chi connectivity index (χ1v) is 10.2. The zero-order valence-corrected chi connectivity index (χ0v) is 14.6. The van der Waals surface area contributed by atoms with Gasteiger partial charge in [0.05, 0.1) is 5.75 Å². The van der Waals surface area contributed by atoms with Crippen molar-refractivity contribution in [2.24, 2.45) is 0 Å². The fourth-order valence-corrected chi connectivity index (χ4v) is 4.64. The molecule has 2 aromatic heterocycles. The minimum absolute atomic E-state index is 0.0883. The van der Waals surface area contributed by atoms with E-state index in [1.54, 1.807) is 17.5 Å². The fraction of sp³-hybridized carbons (Fsp3) is 0.571. The maximum absolute atomic E-state index is 12.4. The number of sulfonamides is 1. The first kappa shape index (κ1) is 16.4. The molecular weight excluding hydrogens is 336 g/mol. The molecule has 0 bridgehead atoms. The number of aromatic nitrogens is 2. The van der Waals surface area contributed by atoms with Crippen LogP contribution in [0, 0.1) is 0 Å². The third-order valence-electron chi connectivity index (χ3n) is 4.05. The van der Waals surface area contributed by atoms with E-state index in [1.165, 1.54) is 15.6 Å². The molecule has 2 aromatic rings. The van der Waals surface area contributed by atoms with Gasteiger partial charge in [-0.1, -0.05) is 6.42 Å². The lowest BCUT2D eigenvalue weighted by molar-refractivity contribution is 0.0927. The zero-order chi connectivity index (χ0) is 16.4. The molecule has 0 spiro atoms. The molecule has 0 radical (unpaired) electrons. The van der Waals surface area contributed by atoms with Crippen LogP contribution < -0.4 is 5.32 Å². The Balaban J connectivity index is 1.70. The van der Waals surface area contributed by atoms with Crippen LogP contribution in [0.15, 0.2) is 17.8 Å². The number of nitrogens with one attached hydrogen (secondary N) is 1. The van der Waals surface area contributed by atoms with Crippen LogP contribution in [0.3, 0.4) is 0 Å². The van der Waals surface area contributed by atoms with Gasteiger partial charge >= 0.3 is 0 Å². The Bertz CT molecular complexity index is 767. The van der Waals surface area contributed by atoms with Crippen molar-refractivity contribution in [1.82, 2.24) is 19.0 Å². The highest BCUT2D eigenvalue weighted by Crippen LogP contribution is 2.16. The quantitative estimate of drug-likeness (QED) is 0.896. The summed E-state index contributed by atoms with van der Waals surface area (Å²) in [6.07, 6.45) is 6.05. The van der Waals surface area contributed by atoms with E-state index >= 15 is 0 Å². The minimum Gasteiger partial charge on any atom is -0.347 e. The first-order chi connectivity index (χ1) is 11.0. The maximum Gasteiger partial charge on any atom is 0.271 e. The molecule has 0 unspecified atom stereocenters. The van der Waals surface area contributed by atoms with Crippen LogP contribution in [0.2, 0.25) is 0 Å². The monoisotopic (exact) mass is 356 g/mol. The molecule has 1 amide bonds. The number of carbonyl (C=O) groups excluding carboxylic acids is 1. The molecule has 23 heavy (non-hydrogen) atoms. The summed E-state index contributed by atoms with van der Waals surface area (Å²) in [5, 5.41) is 4.84. The van der Waals surface area contributed by atoms with Crippen molar-refractivity contribution in [2.45, 2.75) is 32.2 Å². The Morgan fingerprint density at radius 2 is 2.30 bits per heavy atom. The third kappa shape index (κ3) is 3.56. The normalized spacial score (nSPS) is 20.5. The summed E-state index contributed by atoms with van der Waals surface area (Å²) in [4.78, 5) is 17.4. The summed E-state index contributed by atoms with van der Waals surface area (Å²) in [6.45, 7) is 2.51. The summed E-state index contributed by atoms with van der Waals surface area (Å²) < 4.78 is 27.5. The number of amides is 1. The lowest BCUT2D eigenvalue weighted by Gasteiger charge is -2.23. The van der Waals surface area contributed by atoms with Crippen molar-refractivity contribution in [3.63, 3.8) is 0 Å². The molecule has 1 fully saturated rings. The van der Waals surface area contributed by atoms with E-state index in [0.29, 0.717) is 18.8 Å². The van der Waals surface area contributed by atoms with E-state index < -0.39 is 10.0 Å². The Hall–Kier alpha value is -1.45. The molecular formula is C14H20N4O3S2. The minimum atomic E-state index is -3.23. The lowest BCUT2D eigenvalue weighted by atomic mass is 10.1. The van der Waals surface area contributed by atoms with Gasteiger partial charge in [-0.15, -0.1) is 11.3 Å². The molecule has 1 N–H and O–H groups in total. The highest BCUT2D eigenvalue weighted by atomic mass is 32.2. The first-order valence-electron chi connectivity index (χ1n) is 7.70. The van der Waals surface area contributed by atoms with E-state index in [-0.39, 0.29) is 17.7 Å². The Kier molecular flexibility index (Phi) is 4.69. The Morgan fingerprint density at radius 1 is 1.48 bits per heavy atom. The van der Waals surface area contributed by atoms with Gasteiger partial charge in [-0.3, -0.25) is 9.20 Å². The molecule has 0 saturated carbocycles. The second-order valence-corrected chi connectivity index (χ2v) is 8.77. The predicted octanol–water partition coefficient (Wildman–Crippen LogP) is 1.33. The molecule has 1 saturated heterocycles. The van der Waals surface area contributed by atoms with Gasteiger partial charge in [0, 0.05) is 36.9 Å². The summed E-state index contributed by atoms with van der Waals surface area (Å²) >= 11 is 1.47. The topological polar surface area (TPSA) is 83.8 Å². The van der Waals surface area contributed by atoms with Gasteiger partial charge in [0.15, 0.2) is 4.96 Å². The number of hydrogen-bond acceptors (Lipinski definition) is 5. The van der Waals surface area contributed by atoms with Gasteiger partial charge < -0.3 is 5.32 Å². The molecule has 1 aliphatic rings. The third-order valence-corrected chi connectivity index (χ3v) is 6.67.